The predicted octanol–water partition coefficient (Wildman–Crippen LogP) is 4.50. The topological polar surface area (TPSA) is 127 Å². The number of hydrogen-bond acceptors (Lipinski definition) is 10. The highest BCUT2D eigenvalue weighted by Crippen LogP contribution is 2.33. The van der Waals surface area contributed by atoms with Gasteiger partial charge < -0.3 is 19.7 Å². The van der Waals surface area contributed by atoms with Crippen LogP contribution < -0.4 is 19.7 Å². The van der Waals surface area contributed by atoms with Crippen molar-refractivity contribution in [1.82, 2.24) is 24.6 Å². The van der Waals surface area contributed by atoms with Crippen molar-refractivity contribution in [3.05, 3.63) is 66.1 Å². The third kappa shape index (κ3) is 7.56. The molecule has 46 heavy (non-hydrogen) atoms. The number of amides is 1. The first-order chi connectivity index (χ1) is 21.7. The number of rotatable bonds is 10. The number of anilines is 1. The first-order valence-corrected chi connectivity index (χ1v) is 15.3. The molecule has 20 heteroatoms. The van der Waals surface area contributed by atoms with Crippen molar-refractivity contribution >= 4 is 42.7 Å². The van der Waals surface area contributed by atoms with E-state index in [1.54, 1.807) is 0 Å². The van der Waals surface area contributed by atoms with Crippen LogP contribution in [0.3, 0.4) is 0 Å². The molecule has 1 fully saturated rings. The molecule has 1 N–H and O–H groups in total. The van der Waals surface area contributed by atoms with Crippen molar-refractivity contribution in [2.45, 2.75) is 36.9 Å². The van der Waals surface area contributed by atoms with Gasteiger partial charge >= 0.3 is 19.4 Å². The van der Waals surface area contributed by atoms with Crippen LogP contribution >= 0.6 is 11.3 Å². The lowest BCUT2D eigenvalue weighted by Crippen LogP contribution is -2.60. The Morgan fingerprint density at radius 1 is 0.957 bits per heavy atom. The van der Waals surface area contributed by atoms with Gasteiger partial charge in [-0.15, -0.1) is 0 Å². The zero-order valence-electron chi connectivity index (χ0n) is 23.0. The molecule has 0 spiro atoms. The van der Waals surface area contributed by atoms with Crippen LogP contribution in [0.1, 0.15) is 11.4 Å². The van der Waals surface area contributed by atoms with Crippen molar-refractivity contribution in [1.29, 1.82) is 0 Å². The van der Waals surface area contributed by atoms with Gasteiger partial charge in [0, 0.05) is 26.2 Å². The molecule has 0 aliphatic carbocycles. The first kappa shape index (κ1) is 33.1. The molecule has 1 aliphatic heterocycles. The lowest BCUT2D eigenvalue weighted by Gasteiger charge is -2.39. The Morgan fingerprint density at radius 2 is 1.57 bits per heavy atom. The summed E-state index contributed by atoms with van der Waals surface area (Å²) in [5.41, 5.74) is 0.237. The summed E-state index contributed by atoms with van der Waals surface area (Å²) in [6.07, 6.45) is -3.84. The highest BCUT2D eigenvalue weighted by atomic mass is 32.2. The van der Waals surface area contributed by atoms with Crippen molar-refractivity contribution in [3.8, 4) is 11.5 Å². The summed E-state index contributed by atoms with van der Waals surface area (Å²) < 4.78 is 126. The summed E-state index contributed by atoms with van der Waals surface area (Å²) >= 11 is 0.946. The SMILES string of the molecule is O=C(NCc1ccc(OC(F)F)cc1)[C@H]1CN(c2nc3nc(C(F)(F)F)ncc3s2)CCN1S(=O)(=O)c1ccc(OC(F)F)cc1. The van der Waals surface area contributed by atoms with E-state index in [4.69, 9.17) is 0 Å². The standard InChI is InChI=1S/C26H21F7N6O5S2/c27-23(28)43-15-3-1-14(2-4-15)11-34-21(40)18-13-38(25-37-20-19(45-25)12-35-22(36-20)26(31,32)33)9-10-39(18)46(41,42)17-7-5-16(6-8-17)44-24(29)30/h1-8,12,18,23-24H,9-11,13H2,(H,34,40)/t18-/m1/s1. The fourth-order valence-corrected chi connectivity index (χ4v) is 6.94. The second-order valence-electron chi connectivity index (χ2n) is 9.54. The molecule has 1 amide bonds. The molecule has 0 radical (unpaired) electrons. The summed E-state index contributed by atoms with van der Waals surface area (Å²) in [6.45, 7) is -6.88. The molecule has 0 unspecified atom stereocenters. The van der Waals surface area contributed by atoms with Crippen molar-refractivity contribution in [3.63, 3.8) is 0 Å². The van der Waals surface area contributed by atoms with Crippen LogP contribution in [0.5, 0.6) is 11.5 Å². The van der Waals surface area contributed by atoms with E-state index in [2.05, 4.69) is 29.7 Å². The van der Waals surface area contributed by atoms with Gasteiger partial charge in [0.15, 0.2) is 10.8 Å². The van der Waals surface area contributed by atoms with Crippen molar-refractivity contribution in [2.75, 3.05) is 24.5 Å². The number of sulfonamides is 1. The van der Waals surface area contributed by atoms with Gasteiger partial charge in [-0.1, -0.05) is 23.5 Å². The molecule has 1 aliphatic rings. The number of thiazole rings is 1. The van der Waals surface area contributed by atoms with E-state index in [9.17, 15) is 43.9 Å². The van der Waals surface area contributed by atoms with Gasteiger partial charge in [-0.05, 0) is 42.0 Å². The van der Waals surface area contributed by atoms with Gasteiger partial charge in [0.05, 0.1) is 15.8 Å². The van der Waals surface area contributed by atoms with E-state index in [1.165, 1.54) is 29.2 Å². The van der Waals surface area contributed by atoms with Crippen LogP contribution in [-0.4, -0.2) is 72.5 Å². The number of fused-ring (bicyclic) bond motifs is 1. The maximum atomic E-state index is 13.7. The molecule has 0 saturated carbocycles. The number of piperazine rings is 1. The van der Waals surface area contributed by atoms with Gasteiger partial charge in [-0.25, -0.2) is 18.4 Å². The maximum absolute atomic E-state index is 13.7. The number of aromatic nitrogens is 3. The molecule has 1 saturated heterocycles. The van der Waals surface area contributed by atoms with Crippen LogP contribution in [-0.2, 0) is 27.5 Å². The Morgan fingerprint density at radius 3 is 2.15 bits per heavy atom. The van der Waals surface area contributed by atoms with E-state index >= 15 is 0 Å². The molecule has 4 aromatic rings. The molecule has 0 bridgehead atoms. The summed E-state index contributed by atoms with van der Waals surface area (Å²) in [7, 11) is -4.40. The van der Waals surface area contributed by atoms with Crippen molar-refractivity contribution < 1.29 is 53.4 Å². The maximum Gasteiger partial charge on any atom is 0.451 e. The minimum Gasteiger partial charge on any atom is -0.435 e. The Balaban J connectivity index is 1.40. The largest absolute Gasteiger partial charge is 0.451 e. The molecule has 1 atom stereocenters. The van der Waals surface area contributed by atoms with Crippen LogP contribution in [0.4, 0.5) is 35.9 Å². The van der Waals surface area contributed by atoms with E-state index in [-0.39, 0.29) is 58.1 Å². The summed E-state index contributed by atoms with van der Waals surface area (Å²) in [6, 6.07) is 8.10. The Labute approximate surface area is 259 Å². The van der Waals surface area contributed by atoms with E-state index in [0.717, 1.165) is 46.1 Å². The van der Waals surface area contributed by atoms with E-state index < -0.39 is 47.2 Å². The number of alkyl halides is 7. The van der Waals surface area contributed by atoms with Crippen LogP contribution in [0, 0.1) is 0 Å². The molecule has 3 heterocycles. The van der Waals surface area contributed by atoms with Gasteiger partial charge in [-0.2, -0.15) is 40.0 Å². The molecule has 11 nitrogen and oxygen atoms in total. The second-order valence-corrected chi connectivity index (χ2v) is 12.4. The number of benzene rings is 2. The number of nitrogens with zero attached hydrogens (tertiary/aromatic N) is 5. The molecule has 2 aromatic carbocycles. The number of hydrogen-bond donors (Lipinski definition) is 1. The average Bonchev–Trinajstić information content (AvgIpc) is 3.43. The lowest BCUT2D eigenvalue weighted by atomic mass is 10.1. The normalized spacial score (nSPS) is 16.3. The quantitative estimate of drug-likeness (QED) is 0.239. The number of ether oxygens (including phenoxy) is 2. The van der Waals surface area contributed by atoms with Gasteiger partial charge in [-0.3, -0.25) is 4.79 Å². The Bertz CT molecular complexity index is 1790. The fourth-order valence-electron chi connectivity index (χ4n) is 4.46. The lowest BCUT2D eigenvalue weighted by molar-refractivity contribution is -0.144. The number of carbonyl (C=O) groups excluding carboxylic acids is 1. The van der Waals surface area contributed by atoms with Crippen LogP contribution in [0.15, 0.2) is 59.6 Å². The summed E-state index contributed by atoms with van der Waals surface area (Å²) in [5, 5.41) is 2.78. The molecular weight excluding hydrogens is 673 g/mol. The summed E-state index contributed by atoms with van der Waals surface area (Å²) in [5.74, 6) is -2.55. The molecule has 5 rings (SSSR count). The zero-order valence-corrected chi connectivity index (χ0v) is 24.6. The highest BCUT2D eigenvalue weighted by molar-refractivity contribution is 7.89. The molecule has 2 aromatic heterocycles. The smallest absolute Gasteiger partial charge is 0.435 e. The molecular formula is C26H21F7N6O5S2. The van der Waals surface area contributed by atoms with Crippen LogP contribution in [0.2, 0.25) is 0 Å². The predicted molar refractivity (Wildman–Crippen MR) is 148 cm³/mol. The van der Waals surface area contributed by atoms with Crippen molar-refractivity contribution in [2.24, 2.45) is 0 Å². The second kappa shape index (κ2) is 13.2. The van der Waals surface area contributed by atoms with Crippen LogP contribution in [0.25, 0.3) is 10.3 Å². The minimum atomic E-state index is -4.80. The monoisotopic (exact) mass is 694 g/mol. The van der Waals surface area contributed by atoms with E-state index in [0.29, 0.717) is 5.56 Å². The number of halogens is 7. The minimum absolute atomic E-state index is 0.0272. The number of carbonyl (C=O) groups is 1. The first-order valence-electron chi connectivity index (χ1n) is 13.0. The number of nitrogens with one attached hydrogen (secondary N) is 1. The zero-order chi connectivity index (χ0) is 33.2. The van der Waals surface area contributed by atoms with Gasteiger partial charge in [0.25, 0.3) is 0 Å². The third-order valence-corrected chi connectivity index (χ3v) is 9.53. The Kier molecular flexibility index (Phi) is 9.49. The van der Waals surface area contributed by atoms with Gasteiger partial charge in [0.1, 0.15) is 17.5 Å². The average molecular weight is 695 g/mol. The Hall–Kier alpha value is -4.30. The summed E-state index contributed by atoms with van der Waals surface area (Å²) in [4.78, 5) is 25.7. The fraction of sp³-hybridized carbons (Fsp3) is 0.308. The van der Waals surface area contributed by atoms with E-state index in [1.807, 2.05) is 0 Å². The molecule has 246 valence electrons. The highest BCUT2D eigenvalue weighted by Gasteiger charge is 2.41. The third-order valence-electron chi connectivity index (χ3n) is 6.57. The van der Waals surface area contributed by atoms with Gasteiger partial charge in [0.2, 0.25) is 21.8 Å².